The molecule has 0 saturated carbocycles. The number of hydrogen-bond donors (Lipinski definition) is 1. The summed E-state index contributed by atoms with van der Waals surface area (Å²) >= 11 is 0. The lowest BCUT2D eigenvalue weighted by Crippen LogP contribution is -2.54. The molecule has 0 aliphatic carbocycles. The van der Waals surface area contributed by atoms with E-state index in [2.05, 4.69) is 5.32 Å². The average Bonchev–Trinajstić information content (AvgIpc) is 3.15. The van der Waals surface area contributed by atoms with Crippen LogP contribution in [0.2, 0.25) is 0 Å². The fraction of sp³-hybridized carbons (Fsp3) is 0.333. The number of benzene rings is 4. The van der Waals surface area contributed by atoms with E-state index >= 15 is 0 Å². The van der Waals surface area contributed by atoms with Crippen LogP contribution in [0.15, 0.2) is 102 Å². The van der Waals surface area contributed by atoms with Gasteiger partial charge in [0, 0.05) is 25.1 Å². The summed E-state index contributed by atoms with van der Waals surface area (Å²) in [6.45, 7) is 5.53. The molecule has 4 aromatic carbocycles. The number of carbonyl (C=O) groups excluding carboxylic acids is 2. The molecule has 0 bridgehead atoms. The van der Waals surface area contributed by atoms with Gasteiger partial charge < -0.3 is 29.2 Å². The molecule has 272 valence electrons. The number of ether oxygens (including phenoxy) is 4. The Bertz CT molecular complexity index is 1850. The maximum absolute atomic E-state index is 14.8. The summed E-state index contributed by atoms with van der Waals surface area (Å²) < 4.78 is 51.9. The summed E-state index contributed by atoms with van der Waals surface area (Å²) in [7, 11) is 0.0293. The second-order valence-corrected chi connectivity index (χ2v) is 13.7. The Labute approximate surface area is 301 Å². The third-order valence-corrected chi connectivity index (χ3v) is 10.2. The van der Waals surface area contributed by atoms with Gasteiger partial charge in [-0.15, -0.1) is 0 Å². The van der Waals surface area contributed by atoms with Crippen LogP contribution in [0.5, 0.6) is 23.0 Å². The first kappa shape index (κ1) is 38.6. The summed E-state index contributed by atoms with van der Waals surface area (Å²) in [5.74, 6) is 0.744. The van der Waals surface area contributed by atoms with Crippen LogP contribution in [0.25, 0.3) is 0 Å². The predicted octanol–water partition coefficient (Wildman–Crippen LogP) is 5.86. The molecule has 12 heteroatoms. The molecule has 1 N–H and O–H groups in total. The molecule has 4 rings (SSSR count). The predicted molar refractivity (Wildman–Crippen MR) is 197 cm³/mol. The summed E-state index contributed by atoms with van der Waals surface area (Å²) in [6, 6.07) is 26.2. The standard InChI is InChI=1S/C39H47N3O8S/c1-7-28(3)40-39(44)35(24-29-13-10-9-11-14-29)41(26-30-15-12-16-33(23-30)47-4)38(43)27-42(31-17-19-32(20-18-31)50-8-2)51(45,46)34-21-22-36(48-5)37(25-34)49-6/h9-23,25,28,35H,7-8,24,26-27H2,1-6H3,(H,40,44)/t28-,35+/m1/s1. The zero-order valence-electron chi connectivity index (χ0n) is 30.0. The van der Waals surface area contributed by atoms with Crippen LogP contribution in [0.1, 0.15) is 38.3 Å². The summed E-state index contributed by atoms with van der Waals surface area (Å²) in [4.78, 5) is 30.2. The van der Waals surface area contributed by atoms with Gasteiger partial charge in [-0.1, -0.05) is 49.4 Å². The van der Waals surface area contributed by atoms with Crippen molar-refractivity contribution in [1.82, 2.24) is 10.2 Å². The normalized spacial score (nSPS) is 12.3. The highest BCUT2D eigenvalue weighted by atomic mass is 32.2. The van der Waals surface area contributed by atoms with Crippen LogP contribution < -0.4 is 28.6 Å². The average molecular weight is 718 g/mol. The molecule has 0 aliphatic heterocycles. The van der Waals surface area contributed by atoms with Crippen LogP contribution in [0.4, 0.5) is 5.69 Å². The number of nitrogens with zero attached hydrogens (tertiary/aromatic N) is 2. The lowest BCUT2D eigenvalue weighted by molar-refractivity contribution is -0.140. The minimum absolute atomic E-state index is 0.00891. The van der Waals surface area contributed by atoms with Gasteiger partial charge >= 0.3 is 0 Å². The van der Waals surface area contributed by atoms with E-state index in [0.717, 1.165) is 9.87 Å². The SMILES string of the molecule is CCOc1ccc(N(CC(=O)N(Cc2cccc(OC)c2)[C@@H](Cc2ccccc2)C(=O)N[C@H](C)CC)S(=O)(=O)c2ccc(OC)c(OC)c2)cc1. The third-order valence-electron chi connectivity index (χ3n) is 8.42. The van der Waals surface area contributed by atoms with E-state index in [4.69, 9.17) is 18.9 Å². The van der Waals surface area contributed by atoms with Crippen LogP contribution in [0, 0.1) is 0 Å². The maximum Gasteiger partial charge on any atom is 0.264 e. The minimum Gasteiger partial charge on any atom is -0.497 e. The van der Waals surface area contributed by atoms with E-state index in [-0.39, 0.29) is 41.2 Å². The Kier molecular flexibility index (Phi) is 13.7. The van der Waals surface area contributed by atoms with Crippen molar-refractivity contribution in [3.05, 3.63) is 108 Å². The highest BCUT2D eigenvalue weighted by Gasteiger charge is 2.35. The highest BCUT2D eigenvalue weighted by Crippen LogP contribution is 2.33. The molecule has 0 heterocycles. The molecule has 0 aliphatic rings. The lowest BCUT2D eigenvalue weighted by Gasteiger charge is -2.34. The minimum atomic E-state index is -4.39. The zero-order chi connectivity index (χ0) is 37.0. The Morgan fingerprint density at radius 1 is 0.765 bits per heavy atom. The quantitative estimate of drug-likeness (QED) is 0.136. The lowest BCUT2D eigenvalue weighted by atomic mass is 10.0. The van der Waals surface area contributed by atoms with Crippen molar-refractivity contribution in [2.45, 2.75) is 57.1 Å². The second-order valence-electron chi connectivity index (χ2n) is 11.9. The molecule has 0 radical (unpaired) electrons. The van der Waals surface area contributed by atoms with E-state index in [0.29, 0.717) is 35.8 Å². The van der Waals surface area contributed by atoms with Crippen molar-refractivity contribution in [3.8, 4) is 23.0 Å². The van der Waals surface area contributed by atoms with Gasteiger partial charge in [-0.05, 0) is 79.9 Å². The van der Waals surface area contributed by atoms with Crippen molar-refractivity contribution in [3.63, 3.8) is 0 Å². The van der Waals surface area contributed by atoms with Gasteiger partial charge in [0.05, 0.1) is 38.5 Å². The third kappa shape index (κ3) is 9.94. The number of carbonyl (C=O) groups is 2. The molecule has 0 aromatic heterocycles. The molecule has 51 heavy (non-hydrogen) atoms. The first-order valence-corrected chi connectivity index (χ1v) is 18.2. The van der Waals surface area contributed by atoms with Gasteiger partial charge in [-0.25, -0.2) is 8.42 Å². The molecule has 0 spiro atoms. The summed E-state index contributed by atoms with van der Waals surface area (Å²) in [5.41, 5.74) is 1.77. The molecule has 0 saturated heterocycles. The van der Waals surface area contributed by atoms with Gasteiger partial charge in [0.25, 0.3) is 10.0 Å². The maximum atomic E-state index is 14.8. The van der Waals surface area contributed by atoms with Crippen LogP contribution in [-0.2, 0) is 32.6 Å². The second kappa shape index (κ2) is 18.1. The van der Waals surface area contributed by atoms with E-state index in [1.807, 2.05) is 57.2 Å². The van der Waals surface area contributed by atoms with Gasteiger partial charge in [-0.3, -0.25) is 13.9 Å². The summed E-state index contributed by atoms with van der Waals surface area (Å²) in [6.07, 6.45) is 0.882. The fourth-order valence-corrected chi connectivity index (χ4v) is 6.90. The first-order valence-electron chi connectivity index (χ1n) is 16.8. The number of hydrogen-bond acceptors (Lipinski definition) is 8. The van der Waals surface area contributed by atoms with Crippen LogP contribution in [-0.4, -0.2) is 71.7 Å². The number of methoxy groups -OCH3 is 3. The van der Waals surface area contributed by atoms with Crippen LogP contribution >= 0.6 is 0 Å². The fourth-order valence-electron chi connectivity index (χ4n) is 5.47. The van der Waals surface area contributed by atoms with Gasteiger partial charge in [0.2, 0.25) is 11.8 Å². The monoisotopic (exact) mass is 717 g/mol. The van der Waals surface area contributed by atoms with Gasteiger partial charge in [-0.2, -0.15) is 0 Å². The van der Waals surface area contributed by atoms with E-state index in [9.17, 15) is 18.0 Å². The van der Waals surface area contributed by atoms with Crippen LogP contribution in [0.3, 0.4) is 0 Å². The number of nitrogens with one attached hydrogen (secondary N) is 1. The molecule has 0 unspecified atom stereocenters. The molecule has 0 fully saturated rings. The van der Waals surface area contributed by atoms with Gasteiger partial charge in [0.1, 0.15) is 24.1 Å². The van der Waals surface area contributed by atoms with E-state index in [1.54, 1.807) is 49.6 Å². The number of sulfonamides is 1. The molecule has 11 nitrogen and oxygen atoms in total. The number of rotatable bonds is 18. The molecule has 2 amide bonds. The summed E-state index contributed by atoms with van der Waals surface area (Å²) in [5, 5.41) is 3.05. The van der Waals surface area contributed by atoms with Crippen molar-refractivity contribution >= 4 is 27.5 Å². The van der Waals surface area contributed by atoms with E-state index in [1.165, 1.54) is 37.3 Å². The van der Waals surface area contributed by atoms with Crippen molar-refractivity contribution in [2.24, 2.45) is 0 Å². The molecular weight excluding hydrogens is 671 g/mol. The Balaban J connectivity index is 1.85. The molecular formula is C39H47N3O8S. The zero-order valence-corrected chi connectivity index (χ0v) is 30.8. The Hall–Kier alpha value is -5.23. The Morgan fingerprint density at radius 2 is 1.45 bits per heavy atom. The number of anilines is 1. The van der Waals surface area contributed by atoms with Crippen molar-refractivity contribution < 1.29 is 37.0 Å². The Morgan fingerprint density at radius 3 is 2.08 bits per heavy atom. The van der Waals surface area contributed by atoms with Crippen molar-refractivity contribution in [2.75, 3.05) is 38.8 Å². The smallest absolute Gasteiger partial charge is 0.264 e. The molecule has 2 atom stereocenters. The van der Waals surface area contributed by atoms with Crippen molar-refractivity contribution in [1.29, 1.82) is 0 Å². The molecule has 4 aromatic rings. The largest absolute Gasteiger partial charge is 0.497 e. The topological polar surface area (TPSA) is 124 Å². The first-order chi connectivity index (χ1) is 24.5. The van der Waals surface area contributed by atoms with Gasteiger partial charge in [0.15, 0.2) is 11.5 Å². The number of amides is 2. The highest BCUT2D eigenvalue weighted by molar-refractivity contribution is 7.92. The van der Waals surface area contributed by atoms with E-state index < -0.39 is 28.5 Å².